The van der Waals surface area contributed by atoms with E-state index in [1.165, 1.54) is 0 Å². The van der Waals surface area contributed by atoms with Gasteiger partial charge in [-0.05, 0) is 26.8 Å². The Morgan fingerprint density at radius 3 is 2.38 bits per heavy atom. The van der Waals surface area contributed by atoms with Crippen molar-refractivity contribution in [2.75, 3.05) is 14.2 Å². The molecule has 0 saturated heterocycles. The Hall–Kier alpha value is -0.580. The van der Waals surface area contributed by atoms with Crippen LogP contribution < -0.4 is 0 Å². The monoisotopic (exact) mass is 230 g/mol. The molecule has 0 amide bonds. The molecule has 16 heavy (non-hydrogen) atoms. The number of hydrogen-bond acceptors (Lipinski definition) is 4. The van der Waals surface area contributed by atoms with E-state index in [4.69, 9.17) is 18.9 Å². The molecule has 1 rings (SSSR count). The number of hydrogen-bond donors (Lipinski definition) is 0. The summed E-state index contributed by atoms with van der Waals surface area (Å²) < 4.78 is 21.6. The molecule has 1 aliphatic heterocycles. The summed E-state index contributed by atoms with van der Waals surface area (Å²) in [6.07, 6.45) is 3.87. The average Bonchev–Trinajstić information content (AvgIpc) is 2.17. The molecule has 2 atom stereocenters. The molecule has 0 aromatic heterocycles. The van der Waals surface area contributed by atoms with Gasteiger partial charge in [0.2, 0.25) is 0 Å². The van der Waals surface area contributed by atoms with Gasteiger partial charge in [0.1, 0.15) is 0 Å². The lowest BCUT2D eigenvalue weighted by Gasteiger charge is -2.33. The maximum Gasteiger partial charge on any atom is 0.200 e. The molecule has 0 bridgehead atoms. The third kappa shape index (κ3) is 4.12. The molecule has 4 nitrogen and oxygen atoms in total. The van der Waals surface area contributed by atoms with Gasteiger partial charge in [-0.2, -0.15) is 0 Å². The fourth-order valence-corrected chi connectivity index (χ4v) is 1.71. The summed E-state index contributed by atoms with van der Waals surface area (Å²) in [7, 11) is 3.27. The highest BCUT2D eigenvalue weighted by atomic mass is 16.7. The van der Waals surface area contributed by atoms with Gasteiger partial charge >= 0.3 is 0 Å². The van der Waals surface area contributed by atoms with Crippen molar-refractivity contribution in [2.24, 2.45) is 5.92 Å². The number of ether oxygens (including phenoxy) is 4. The van der Waals surface area contributed by atoms with Crippen LogP contribution in [0.5, 0.6) is 0 Å². The van der Waals surface area contributed by atoms with Gasteiger partial charge < -0.3 is 18.9 Å². The number of methoxy groups -OCH3 is 2. The molecular weight excluding hydrogens is 208 g/mol. The summed E-state index contributed by atoms with van der Waals surface area (Å²) in [5.41, 5.74) is -0.212. The molecule has 0 saturated carbocycles. The first-order valence-corrected chi connectivity index (χ1v) is 5.52. The van der Waals surface area contributed by atoms with E-state index >= 15 is 0 Å². The Balaban J connectivity index is 2.53. The molecule has 2 unspecified atom stereocenters. The summed E-state index contributed by atoms with van der Waals surface area (Å²) in [5.74, 6) is 0.163. The van der Waals surface area contributed by atoms with Crippen LogP contribution in [0.15, 0.2) is 12.3 Å². The lowest BCUT2D eigenvalue weighted by atomic mass is 10.0. The molecule has 94 valence electrons. The molecule has 0 aliphatic carbocycles. The van der Waals surface area contributed by atoms with Crippen molar-refractivity contribution >= 4 is 0 Å². The summed E-state index contributed by atoms with van der Waals surface area (Å²) in [6, 6.07) is 0. The maximum absolute atomic E-state index is 5.76. The summed E-state index contributed by atoms with van der Waals surface area (Å²) in [6.45, 7) is 6.02. The van der Waals surface area contributed by atoms with E-state index < -0.39 is 0 Å². The van der Waals surface area contributed by atoms with Crippen molar-refractivity contribution in [1.82, 2.24) is 0 Å². The van der Waals surface area contributed by atoms with Gasteiger partial charge in [0, 0.05) is 26.6 Å². The lowest BCUT2D eigenvalue weighted by molar-refractivity contribution is -0.203. The molecular formula is C12H22O4. The van der Waals surface area contributed by atoms with Gasteiger partial charge in [-0.3, -0.25) is 0 Å². The van der Waals surface area contributed by atoms with Crippen molar-refractivity contribution in [2.45, 2.75) is 45.4 Å². The second-order valence-corrected chi connectivity index (χ2v) is 4.86. The Kier molecular flexibility index (Phi) is 4.77. The average molecular weight is 230 g/mol. The Bertz CT molecular complexity index is 228. The predicted octanol–water partition coefficient (Wildman–Crippen LogP) is 2.30. The molecule has 0 aromatic carbocycles. The molecule has 0 aromatic rings. The van der Waals surface area contributed by atoms with Gasteiger partial charge in [0.25, 0.3) is 0 Å². The minimum absolute atomic E-state index is 0.163. The quantitative estimate of drug-likeness (QED) is 0.694. The zero-order valence-electron chi connectivity index (χ0n) is 10.7. The smallest absolute Gasteiger partial charge is 0.200 e. The fourth-order valence-electron chi connectivity index (χ4n) is 1.71. The molecule has 0 radical (unpaired) electrons. The van der Waals surface area contributed by atoms with Crippen LogP contribution >= 0.6 is 0 Å². The largest absolute Gasteiger partial charge is 0.473 e. The first-order chi connectivity index (χ1) is 7.46. The van der Waals surface area contributed by atoms with Crippen LogP contribution in [0, 0.1) is 5.92 Å². The van der Waals surface area contributed by atoms with Crippen LogP contribution in [0.1, 0.15) is 27.2 Å². The van der Waals surface area contributed by atoms with Gasteiger partial charge in [-0.15, -0.1) is 0 Å². The topological polar surface area (TPSA) is 36.9 Å². The minimum Gasteiger partial charge on any atom is -0.473 e. The van der Waals surface area contributed by atoms with Crippen LogP contribution in [0.3, 0.4) is 0 Å². The molecule has 0 spiro atoms. The summed E-state index contributed by atoms with van der Waals surface area (Å²) in [4.78, 5) is 0. The van der Waals surface area contributed by atoms with Crippen molar-refractivity contribution < 1.29 is 18.9 Å². The number of rotatable bonds is 4. The third-order valence-electron chi connectivity index (χ3n) is 2.32. The zero-order valence-corrected chi connectivity index (χ0v) is 10.7. The van der Waals surface area contributed by atoms with Crippen LogP contribution in [0.25, 0.3) is 0 Å². The van der Waals surface area contributed by atoms with E-state index in [2.05, 4.69) is 0 Å². The standard InChI is InChI=1S/C12H22O4/c1-12(2,3)16-10-8-9(6-7-15-10)11(13-4)14-5/h6-7,9-11H,8H2,1-5H3. The van der Waals surface area contributed by atoms with E-state index in [0.717, 1.165) is 6.42 Å². The Labute approximate surface area is 97.5 Å². The highest BCUT2D eigenvalue weighted by Gasteiger charge is 2.29. The van der Waals surface area contributed by atoms with Crippen LogP contribution in [0.2, 0.25) is 0 Å². The Morgan fingerprint density at radius 1 is 1.25 bits per heavy atom. The van der Waals surface area contributed by atoms with Crippen molar-refractivity contribution in [3.8, 4) is 0 Å². The van der Waals surface area contributed by atoms with Crippen molar-refractivity contribution in [3.63, 3.8) is 0 Å². The second kappa shape index (κ2) is 5.66. The normalized spacial score (nSPS) is 25.9. The zero-order chi connectivity index (χ0) is 12.2. The van der Waals surface area contributed by atoms with E-state index in [1.54, 1.807) is 20.5 Å². The fraction of sp³-hybridized carbons (Fsp3) is 0.833. The van der Waals surface area contributed by atoms with Crippen LogP contribution in [-0.4, -0.2) is 32.4 Å². The Morgan fingerprint density at radius 2 is 1.88 bits per heavy atom. The highest BCUT2D eigenvalue weighted by Crippen LogP contribution is 2.26. The van der Waals surface area contributed by atoms with Gasteiger partial charge in [0.05, 0.1) is 11.9 Å². The summed E-state index contributed by atoms with van der Waals surface area (Å²) >= 11 is 0. The third-order valence-corrected chi connectivity index (χ3v) is 2.32. The van der Waals surface area contributed by atoms with Gasteiger partial charge in [0.15, 0.2) is 12.6 Å². The van der Waals surface area contributed by atoms with E-state index in [1.807, 2.05) is 26.8 Å². The first-order valence-electron chi connectivity index (χ1n) is 5.52. The summed E-state index contributed by atoms with van der Waals surface area (Å²) in [5, 5.41) is 0. The van der Waals surface area contributed by atoms with Crippen LogP contribution in [-0.2, 0) is 18.9 Å². The molecule has 0 N–H and O–H groups in total. The second-order valence-electron chi connectivity index (χ2n) is 4.86. The molecule has 1 heterocycles. The van der Waals surface area contributed by atoms with Crippen molar-refractivity contribution in [3.05, 3.63) is 12.3 Å². The molecule has 4 heteroatoms. The van der Waals surface area contributed by atoms with Crippen LogP contribution in [0.4, 0.5) is 0 Å². The van der Waals surface area contributed by atoms with Gasteiger partial charge in [-0.1, -0.05) is 0 Å². The molecule has 1 aliphatic rings. The van der Waals surface area contributed by atoms with Crippen molar-refractivity contribution in [1.29, 1.82) is 0 Å². The lowest BCUT2D eigenvalue weighted by Crippen LogP contribution is -2.35. The maximum atomic E-state index is 5.76. The van der Waals surface area contributed by atoms with E-state index in [9.17, 15) is 0 Å². The SMILES string of the molecule is COC(OC)C1C=COC(OC(C)(C)C)C1. The first kappa shape index (κ1) is 13.5. The van der Waals surface area contributed by atoms with E-state index in [-0.39, 0.29) is 24.1 Å². The van der Waals surface area contributed by atoms with Gasteiger partial charge in [-0.25, -0.2) is 0 Å². The van der Waals surface area contributed by atoms with E-state index in [0.29, 0.717) is 0 Å². The highest BCUT2D eigenvalue weighted by molar-refractivity contribution is 4.90. The molecule has 0 fully saturated rings. The predicted molar refractivity (Wildman–Crippen MR) is 60.8 cm³/mol. The minimum atomic E-state index is -0.244.